The minimum absolute atomic E-state index is 0.185. The predicted molar refractivity (Wildman–Crippen MR) is 143 cm³/mol. The molecular formula is C34H24. The number of hydrogen-bond acceptors (Lipinski definition) is 0. The van der Waals surface area contributed by atoms with Gasteiger partial charge in [-0.1, -0.05) is 127 Å². The average molecular weight is 433 g/mol. The van der Waals surface area contributed by atoms with E-state index in [9.17, 15) is 0 Å². The lowest BCUT2D eigenvalue weighted by atomic mass is 9.79. The van der Waals surface area contributed by atoms with Crippen molar-refractivity contribution >= 4 is 11.1 Å². The minimum Gasteiger partial charge on any atom is -0.0619 e. The van der Waals surface area contributed by atoms with Gasteiger partial charge in [0.25, 0.3) is 0 Å². The minimum atomic E-state index is 0.185. The normalized spacial score (nSPS) is 13.3. The molecule has 5 aromatic carbocycles. The van der Waals surface area contributed by atoms with Crippen molar-refractivity contribution in [2.75, 3.05) is 0 Å². The van der Waals surface area contributed by atoms with Crippen LogP contribution < -0.4 is 0 Å². The van der Waals surface area contributed by atoms with Gasteiger partial charge in [-0.15, -0.1) is 0 Å². The second-order valence-electron chi connectivity index (χ2n) is 9.35. The van der Waals surface area contributed by atoms with E-state index in [1.54, 1.807) is 0 Å². The van der Waals surface area contributed by atoms with E-state index >= 15 is 0 Å². The second-order valence-corrected chi connectivity index (χ2v) is 9.35. The van der Waals surface area contributed by atoms with E-state index in [1.807, 2.05) is 0 Å². The molecule has 0 nitrogen and oxygen atoms in total. The third kappa shape index (κ3) is 2.72. The Kier molecular flexibility index (Phi) is 4.22. The molecule has 0 unspecified atom stereocenters. The van der Waals surface area contributed by atoms with Crippen LogP contribution in [0.2, 0.25) is 0 Å². The summed E-state index contributed by atoms with van der Waals surface area (Å²) in [6.45, 7) is 2.16. The topological polar surface area (TPSA) is 0 Å². The van der Waals surface area contributed by atoms with Crippen molar-refractivity contribution in [1.82, 2.24) is 0 Å². The van der Waals surface area contributed by atoms with Crippen LogP contribution in [-0.2, 0) is 0 Å². The number of hydrogen-bond donors (Lipinski definition) is 0. The highest BCUT2D eigenvalue weighted by atomic mass is 14.4. The molecule has 160 valence electrons. The largest absolute Gasteiger partial charge is 0.0619 e. The van der Waals surface area contributed by atoms with Crippen molar-refractivity contribution in [2.24, 2.45) is 0 Å². The third-order valence-corrected chi connectivity index (χ3v) is 7.44. The Hall–Kier alpha value is -4.16. The summed E-state index contributed by atoms with van der Waals surface area (Å²) in [5.74, 6) is 0.185. The molecule has 2 aliphatic rings. The fraction of sp³-hybridized carbons (Fsp3) is 0.0588. The molecule has 0 aromatic heterocycles. The number of fused-ring (bicyclic) bond motifs is 6. The fourth-order valence-electron chi connectivity index (χ4n) is 5.96. The molecule has 0 saturated heterocycles. The van der Waals surface area contributed by atoms with Gasteiger partial charge in [-0.2, -0.15) is 0 Å². The molecule has 0 aliphatic heterocycles. The highest BCUT2D eigenvalue weighted by molar-refractivity contribution is 6.12. The van der Waals surface area contributed by atoms with E-state index in [1.165, 1.54) is 66.8 Å². The summed E-state index contributed by atoms with van der Waals surface area (Å²) in [6, 6.07) is 44.8. The lowest BCUT2D eigenvalue weighted by Crippen LogP contribution is -2.04. The molecular weight excluding hydrogens is 408 g/mol. The van der Waals surface area contributed by atoms with Crippen LogP contribution >= 0.6 is 0 Å². The van der Waals surface area contributed by atoms with E-state index < -0.39 is 0 Å². The van der Waals surface area contributed by atoms with Crippen LogP contribution in [0.1, 0.15) is 39.3 Å². The second kappa shape index (κ2) is 7.43. The lowest BCUT2D eigenvalue weighted by molar-refractivity contribution is 1.09. The van der Waals surface area contributed by atoms with Gasteiger partial charge in [-0.25, -0.2) is 0 Å². The molecule has 5 aromatic rings. The van der Waals surface area contributed by atoms with Gasteiger partial charge in [0.05, 0.1) is 0 Å². The van der Waals surface area contributed by atoms with E-state index in [2.05, 4.69) is 128 Å². The SMILES string of the molecule is Cc1ccc(C(=C2c3ccccc3-c3ccccc32)C2c3ccccc3-c3ccccc32)cc1. The third-order valence-electron chi connectivity index (χ3n) is 7.44. The van der Waals surface area contributed by atoms with Gasteiger partial charge < -0.3 is 0 Å². The first kappa shape index (κ1) is 19.3. The molecule has 0 heteroatoms. The summed E-state index contributed by atoms with van der Waals surface area (Å²) in [5.41, 5.74) is 16.2. The Morgan fingerprint density at radius 2 is 0.853 bits per heavy atom. The summed E-state index contributed by atoms with van der Waals surface area (Å²) >= 11 is 0. The Morgan fingerprint density at radius 1 is 0.441 bits per heavy atom. The zero-order valence-electron chi connectivity index (χ0n) is 19.1. The van der Waals surface area contributed by atoms with E-state index in [-0.39, 0.29) is 5.92 Å². The van der Waals surface area contributed by atoms with Crippen molar-refractivity contribution in [3.05, 3.63) is 155 Å². The van der Waals surface area contributed by atoms with Crippen LogP contribution in [0.3, 0.4) is 0 Å². The maximum absolute atomic E-state index is 2.32. The van der Waals surface area contributed by atoms with Crippen LogP contribution in [0, 0.1) is 6.92 Å². The summed E-state index contributed by atoms with van der Waals surface area (Å²) in [4.78, 5) is 0. The molecule has 7 rings (SSSR count). The van der Waals surface area contributed by atoms with Crippen molar-refractivity contribution in [1.29, 1.82) is 0 Å². The summed E-state index contributed by atoms with van der Waals surface area (Å²) in [7, 11) is 0. The van der Waals surface area contributed by atoms with Crippen molar-refractivity contribution < 1.29 is 0 Å². The molecule has 0 spiro atoms. The standard InChI is InChI=1S/C34H24/c1-22-18-20-23(21-19-22)32(33-28-14-6-2-10-24(28)25-11-3-7-15-29(25)33)34-30-16-8-4-12-26(30)27-13-5-9-17-31(27)34/h2-21,33H,1H3. The molecule has 0 fully saturated rings. The molecule has 34 heavy (non-hydrogen) atoms. The van der Waals surface area contributed by atoms with Gasteiger partial charge in [0, 0.05) is 5.92 Å². The molecule has 0 atom stereocenters. The quantitative estimate of drug-likeness (QED) is 0.256. The molecule has 0 heterocycles. The first-order valence-corrected chi connectivity index (χ1v) is 12.0. The zero-order chi connectivity index (χ0) is 22.6. The van der Waals surface area contributed by atoms with Crippen molar-refractivity contribution in [3.63, 3.8) is 0 Å². The Bertz CT molecular complexity index is 1500. The van der Waals surface area contributed by atoms with Gasteiger partial charge in [0.2, 0.25) is 0 Å². The molecule has 0 amide bonds. The fourth-order valence-corrected chi connectivity index (χ4v) is 5.96. The highest BCUT2D eigenvalue weighted by Gasteiger charge is 2.36. The smallest absolute Gasteiger partial charge is 0.0364 e. The molecule has 0 bridgehead atoms. The van der Waals surface area contributed by atoms with Crippen LogP contribution in [0.25, 0.3) is 33.4 Å². The summed E-state index contributed by atoms with van der Waals surface area (Å²) in [5, 5.41) is 0. The molecule has 0 saturated carbocycles. The van der Waals surface area contributed by atoms with Crippen molar-refractivity contribution in [3.8, 4) is 22.3 Å². The zero-order valence-corrected chi connectivity index (χ0v) is 19.1. The van der Waals surface area contributed by atoms with Gasteiger partial charge in [0.15, 0.2) is 0 Å². The lowest BCUT2D eigenvalue weighted by Gasteiger charge is -2.23. The number of benzene rings is 5. The van der Waals surface area contributed by atoms with Crippen LogP contribution in [-0.4, -0.2) is 0 Å². The predicted octanol–water partition coefficient (Wildman–Crippen LogP) is 8.75. The molecule has 0 radical (unpaired) electrons. The molecule has 2 aliphatic carbocycles. The number of allylic oxidation sites excluding steroid dienone is 1. The van der Waals surface area contributed by atoms with Gasteiger partial charge in [0.1, 0.15) is 0 Å². The number of rotatable bonds is 2. The van der Waals surface area contributed by atoms with Gasteiger partial charge in [-0.3, -0.25) is 0 Å². The Balaban J connectivity index is 1.63. The Morgan fingerprint density at radius 3 is 1.35 bits per heavy atom. The van der Waals surface area contributed by atoms with Gasteiger partial charge >= 0.3 is 0 Å². The van der Waals surface area contributed by atoms with Crippen LogP contribution in [0.5, 0.6) is 0 Å². The average Bonchev–Trinajstić information content (AvgIpc) is 3.40. The monoisotopic (exact) mass is 432 g/mol. The van der Waals surface area contributed by atoms with Crippen molar-refractivity contribution in [2.45, 2.75) is 12.8 Å². The highest BCUT2D eigenvalue weighted by Crippen LogP contribution is 2.56. The first-order valence-electron chi connectivity index (χ1n) is 12.0. The summed E-state index contributed by atoms with van der Waals surface area (Å²) in [6.07, 6.45) is 0. The van der Waals surface area contributed by atoms with E-state index in [0.29, 0.717) is 0 Å². The van der Waals surface area contributed by atoms with Crippen LogP contribution in [0.15, 0.2) is 121 Å². The Labute approximate surface area is 200 Å². The summed E-state index contributed by atoms with van der Waals surface area (Å²) < 4.78 is 0. The molecule has 0 N–H and O–H groups in total. The maximum atomic E-state index is 2.32. The maximum Gasteiger partial charge on any atom is 0.0364 e. The van der Waals surface area contributed by atoms with E-state index in [0.717, 1.165) is 0 Å². The van der Waals surface area contributed by atoms with Crippen LogP contribution in [0.4, 0.5) is 0 Å². The first-order chi connectivity index (χ1) is 16.8. The number of aryl methyl sites for hydroxylation is 1. The van der Waals surface area contributed by atoms with Gasteiger partial charge in [-0.05, 0) is 68.1 Å². The van der Waals surface area contributed by atoms with E-state index in [4.69, 9.17) is 0 Å².